The van der Waals surface area contributed by atoms with Crippen LogP contribution >= 0.6 is 0 Å². The zero-order valence-corrected chi connectivity index (χ0v) is 12.7. The van der Waals surface area contributed by atoms with Crippen LogP contribution in [-0.2, 0) is 4.79 Å². The zero-order valence-electron chi connectivity index (χ0n) is 12.7. The van der Waals surface area contributed by atoms with Gasteiger partial charge in [-0.3, -0.25) is 14.2 Å². The monoisotopic (exact) mass is 296 g/mol. The van der Waals surface area contributed by atoms with Crippen LogP contribution in [0.5, 0.6) is 5.75 Å². The van der Waals surface area contributed by atoms with Gasteiger partial charge < -0.3 is 4.74 Å². The first-order valence-corrected chi connectivity index (χ1v) is 6.80. The Morgan fingerprint density at radius 3 is 2.55 bits per heavy atom. The maximum Gasteiger partial charge on any atom is 0.269 e. The van der Waals surface area contributed by atoms with E-state index in [1.54, 1.807) is 26.2 Å². The number of ketones is 1. The van der Waals surface area contributed by atoms with Crippen molar-refractivity contribution in [3.63, 3.8) is 0 Å². The number of benzene rings is 1. The Morgan fingerprint density at radius 1 is 1.27 bits per heavy atom. The third-order valence-electron chi connectivity index (χ3n) is 3.60. The Kier molecular flexibility index (Phi) is 4.42. The lowest BCUT2D eigenvalue weighted by Gasteiger charge is -2.19. The van der Waals surface area contributed by atoms with Crippen LogP contribution in [0, 0.1) is 11.3 Å². The molecule has 22 heavy (non-hydrogen) atoms. The highest BCUT2D eigenvalue weighted by molar-refractivity contribution is 5.81. The summed E-state index contributed by atoms with van der Waals surface area (Å²) in [6.07, 6.45) is 0. The Hall–Kier alpha value is -2.87. The number of carbonyl (C=O) groups is 1. The van der Waals surface area contributed by atoms with Gasteiger partial charge in [-0.15, -0.1) is 0 Å². The molecule has 0 aliphatic rings. The minimum Gasteiger partial charge on any atom is -0.496 e. The van der Waals surface area contributed by atoms with Gasteiger partial charge in [0.1, 0.15) is 17.4 Å². The molecule has 0 radical (unpaired) electrons. The van der Waals surface area contributed by atoms with Crippen molar-refractivity contribution in [2.45, 2.75) is 19.9 Å². The number of ether oxygens (including phenoxy) is 1. The topological polar surface area (TPSA) is 72.1 Å². The minimum absolute atomic E-state index is 0.00625. The summed E-state index contributed by atoms with van der Waals surface area (Å²) in [6.45, 7) is 3.06. The molecular formula is C17H16N2O3. The van der Waals surface area contributed by atoms with E-state index < -0.39 is 11.6 Å². The van der Waals surface area contributed by atoms with Crippen LogP contribution in [0.15, 0.2) is 41.2 Å². The third-order valence-corrected chi connectivity index (χ3v) is 3.60. The molecule has 0 saturated carbocycles. The van der Waals surface area contributed by atoms with Gasteiger partial charge in [-0.05, 0) is 38.1 Å². The van der Waals surface area contributed by atoms with Gasteiger partial charge in [0.25, 0.3) is 5.56 Å². The number of methoxy groups -OCH3 is 1. The summed E-state index contributed by atoms with van der Waals surface area (Å²) in [5, 5.41) is 9.05. The fourth-order valence-electron chi connectivity index (χ4n) is 2.28. The molecule has 1 aromatic heterocycles. The van der Waals surface area contributed by atoms with Crippen molar-refractivity contribution < 1.29 is 9.53 Å². The van der Waals surface area contributed by atoms with Crippen LogP contribution in [0.25, 0.3) is 11.3 Å². The number of hydrogen-bond acceptors (Lipinski definition) is 4. The highest BCUT2D eigenvalue weighted by Crippen LogP contribution is 2.30. The maximum absolute atomic E-state index is 12.5. The Bertz CT molecular complexity index is 815. The Morgan fingerprint density at radius 2 is 1.95 bits per heavy atom. The predicted molar refractivity (Wildman–Crippen MR) is 82.8 cm³/mol. The smallest absolute Gasteiger partial charge is 0.269 e. The van der Waals surface area contributed by atoms with Crippen LogP contribution < -0.4 is 10.3 Å². The van der Waals surface area contributed by atoms with Crippen LogP contribution in [0.4, 0.5) is 0 Å². The number of hydrogen-bond donors (Lipinski definition) is 0. The molecule has 1 heterocycles. The summed E-state index contributed by atoms with van der Waals surface area (Å²) in [5.41, 5.74) is 0.768. The summed E-state index contributed by atoms with van der Waals surface area (Å²) in [5.74, 6) is 0.435. The van der Waals surface area contributed by atoms with Gasteiger partial charge in [0.2, 0.25) is 0 Å². The number of para-hydroxylation sites is 1. The molecule has 0 spiro atoms. The van der Waals surface area contributed by atoms with Gasteiger partial charge in [-0.1, -0.05) is 12.1 Å². The van der Waals surface area contributed by atoms with E-state index in [4.69, 9.17) is 10.00 Å². The van der Waals surface area contributed by atoms with E-state index in [0.717, 1.165) is 0 Å². The second-order valence-corrected chi connectivity index (χ2v) is 4.91. The van der Waals surface area contributed by atoms with Crippen molar-refractivity contribution in [2.75, 3.05) is 7.11 Å². The van der Waals surface area contributed by atoms with E-state index in [1.165, 1.54) is 17.6 Å². The van der Waals surface area contributed by atoms with Gasteiger partial charge in [0, 0.05) is 5.56 Å². The third kappa shape index (κ3) is 2.63. The van der Waals surface area contributed by atoms with Crippen LogP contribution in [-0.4, -0.2) is 17.5 Å². The molecule has 2 aromatic rings. The van der Waals surface area contributed by atoms with Crippen LogP contribution in [0.2, 0.25) is 0 Å². The van der Waals surface area contributed by atoms with Gasteiger partial charge in [-0.2, -0.15) is 5.26 Å². The van der Waals surface area contributed by atoms with Crippen molar-refractivity contribution >= 4 is 5.78 Å². The molecule has 1 aromatic carbocycles. The van der Waals surface area contributed by atoms with E-state index in [0.29, 0.717) is 17.0 Å². The van der Waals surface area contributed by atoms with Crippen LogP contribution in [0.1, 0.15) is 25.5 Å². The standard InChI is InChI=1S/C17H16N2O3/c1-11(12(2)20)19-15(9-8-13(10-18)17(19)21)14-6-4-5-7-16(14)22-3/h4-9,11H,1-3H3. The maximum atomic E-state index is 12.5. The second kappa shape index (κ2) is 6.27. The normalized spacial score (nSPS) is 11.5. The molecule has 0 saturated heterocycles. The Balaban J connectivity index is 2.82. The molecule has 1 atom stereocenters. The molecule has 5 nitrogen and oxygen atoms in total. The lowest BCUT2D eigenvalue weighted by Crippen LogP contribution is -2.30. The first-order valence-electron chi connectivity index (χ1n) is 6.80. The molecule has 1 unspecified atom stereocenters. The van der Waals surface area contributed by atoms with Crippen molar-refractivity contribution in [1.29, 1.82) is 5.26 Å². The molecule has 5 heteroatoms. The molecule has 0 N–H and O–H groups in total. The van der Waals surface area contributed by atoms with E-state index in [2.05, 4.69) is 0 Å². The van der Waals surface area contributed by atoms with Crippen molar-refractivity contribution in [3.05, 3.63) is 52.3 Å². The quantitative estimate of drug-likeness (QED) is 0.869. The summed E-state index contributed by atoms with van der Waals surface area (Å²) in [4.78, 5) is 24.2. The lowest BCUT2D eigenvalue weighted by atomic mass is 10.1. The highest BCUT2D eigenvalue weighted by Gasteiger charge is 2.20. The molecule has 2 rings (SSSR count). The summed E-state index contributed by atoms with van der Waals surface area (Å²) in [6, 6.07) is 11.6. The fourth-order valence-corrected chi connectivity index (χ4v) is 2.28. The second-order valence-electron chi connectivity index (χ2n) is 4.91. The van der Waals surface area contributed by atoms with Crippen molar-refractivity contribution in [2.24, 2.45) is 0 Å². The number of carbonyl (C=O) groups excluding carboxylic acids is 1. The van der Waals surface area contributed by atoms with E-state index >= 15 is 0 Å². The van der Waals surface area contributed by atoms with E-state index in [1.807, 2.05) is 24.3 Å². The summed E-state index contributed by atoms with van der Waals surface area (Å²) in [7, 11) is 1.54. The van der Waals surface area contributed by atoms with E-state index in [-0.39, 0.29) is 11.3 Å². The van der Waals surface area contributed by atoms with Crippen LogP contribution in [0.3, 0.4) is 0 Å². The summed E-state index contributed by atoms with van der Waals surface area (Å²) < 4.78 is 6.67. The fraction of sp³-hybridized carbons (Fsp3) is 0.235. The SMILES string of the molecule is COc1ccccc1-c1ccc(C#N)c(=O)n1C(C)C(C)=O. The largest absolute Gasteiger partial charge is 0.496 e. The van der Waals surface area contributed by atoms with Gasteiger partial charge in [0.05, 0.1) is 18.8 Å². The van der Waals surface area contributed by atoms with Gasteiger partial charge in [0.15, 0.2) is 5.78 Å². The highest BCUT2D eigenvalue weighted by atomic mass is 16.5. The number of aromatic nitrogens is 1. The number of rotatable bonds is 4. The first kappa shape index (κ1) is 15.5. The number of nitrogens with zero attached hydrogens (tertiary/aromatic N) is 2. The number of pyridine rings is 1. The minimum atomic E-state index is -0.666. The number of nitriles is 1. The first-order chi connectivity index (χ1) is 10.5. The molecule has 112 valence electrons. The molecule has 0 amide bonds. The van der Waals surface area contributed by atoms with Gasteiger partial charge in [-0.25, -0.2) is 0 Å². The molecule has 0 fully saturated rings. The number of Topliss-reactive ketones (excluding diaryl/α,β-unsaturated/α-hetero) is 1. The van der Waals surface area contributed by atoms with E-state index in [9.17, 15) is 9.59 Å². The molecule has 0 bridgehead atoms. The van der Waals surface area contributed by atoms with Gasteiger partial charge >= 0.3 is 0 Å². The average molecular weight is 296 g/mol. The van der Waals surface area contributed by atoms with Crippen molar-refractivity contribution in [1.82, 2.24) is 4.57 Å². The molecule has 0 aliphatic carbocycles. The average Bonchev–Trinajstić information content (AvgIpc) is 2.53. The Labute approximate surface area is 128 Å². The predicted octanol–water partition coefficient (Wildman–Crippen LogP) is 2.55. The molecular weight excluding hydrogens is 280 g/mol. The lowest BCUT2D eigenvalue weighted by molar-refractivity contribution is -0.119. The summed E-state index contributed by atoms with van der Waals surface area (Å²) >= 11 is 0. The molecule has 0 aliphatic heterocycles. The van der Waals surface area contributed by atoms with Crippen molar-refractivity contribution in [3.8, 4) is 23.1 Å². The zero-order chi connectivity index (χ0) is 16.3.